The second-order valence-corrected chi connectivity index (χ2v) is 6.80. The molecule has 1 fully saturated rings. The molecule has 0 aromatic carbocycles. The van der Waals surface area contributed by atoms with Gasteiger partial charge in [0.1, 0.15) is 12.1 Å². The largest absolute Gasteiger partial charge is 0.480 e. The molecule has 1 aliphatic heterocycles. The minimum atomic E-state index is -1.21. The van der Waals surface area contributed by atoms with Crippen molar-refractivity contribution < 1.29 is 24.3 Å². The van der Waals surface area contributed by atoms with Crippen LogP contribution >= 0.6 is 12.6 Å². The van der Waals surface area contributed by atoms with Crippen molar-refractivity contribution in [2.24, 2.45) is 5.73 Å². The molecule has 28 heavy (non-hydrogen) atoms. The van der Waals surface area contributed by atoms with E-state index in [9.17, 15) is 24.3 Å². The van der Waals surface area contributed by atoms with Gasteiger partial charge in [0, 0.05) is 30.6 Å². The summed E-state index contributed by atoms with van der Waals surface area (Å²) in [4.78, 5) is 55.9. The Labute approximate surface area is 166 Å². The fraction of sp³-hybridized carbons (Fsp3) is 0.562. The molecule has 2 heterocycles. The van der Waals surface area contributed by atoms with Crippen molar-refractivity contribution in [2.75, 3.05) is 18.8 Å². The molecule has 0 aliphatic carbocycles. The first-order chi connectivity index (χ1) is 13.3. The molecule has 154 valence electrons. The van der Waals surface area contributed by atoms with E-state index in [0.29, 0.717) is 25.1 Å². The fourth-order valence-corrected chi connectivity index (χ4v) is 3.10. The first-order valence-corrected chi connectivity index (χ1v) is 9.40. The SMILES string of the molecule is NC(CS)C(=O)N1CCCC1C(=O)NCC(=O)NC(Cc1cnc[nH]1)C(=O)O. The van der Waals surface area contributed by atoms with E-state index in [1.165, 1.54) is 17.4 Å². The van der Waals surface area contributed by atoms with E-state index in [1.807, 2.05) is 0 Å². The average Bonchev–Trinajstić information content (AvgIpc) is 3.35. The van der Waals surface area contributed by atoms with Crippen LogP contribution in [0.4, 0.5) is 0 Å². The van der Waals surface area contributed by atoms with Crippen LogP contribution in [-0.4, -0.2) is 80.6 Å². The molecule has 3 amide bonds. The highest BCUT2D eigenvalue weighted by molar-refractivity contribution is 7.80. The minimum absolute atomic E-state index is 0.0293. The standard InChI is InChI=1S/C16H24N6O5S/c17-10(7-28)15(25)22-3-1-2-12(22)14(24)19-6-13(23)21-11(16(26)27)4-9-5-18-8-20-9/h5,8,10-12,28H,1-4,6-7,17H2,(H,18,20)(H,19,24)(H,21,23)(H,26,27). The molecule has 0 radical (unpaired) electrons. The number of carboxylic acids is 1. The van der Waals surface area contributed by atoms with Crippen molar-refractivity contribution in [1.29, 1.82) is 0 Å². The number of aromatic amines is 1. The average molecular weight is 412 g/mol. The maximum absolute atomic E-state index is 12.4. The van der Waals surface area contributed by atoms with E-state index in [0.717, 1.165) is 0 Å². The Morgan fingerprint density at radius 1 is 1.43 bits per heavy atom. The number of carboxylic acid groups (broad SMARTS) is 1. The fourth-order valence-electron chi connectivity index (χ4n) is 2.94. The van der Waals surface area contributed by atoms with E-state index in [-0.39, 0.29) is 18.1 Å². The number of carbonyl (C=O) groups excluding carboxylic acids is 3. The maximum atomic E-state index is 12.4. The van der Waals surface area contributed by atoms with Crippen LogP contribution in [0.2, 0.25) is 0 Å². The molecule has 2 rings (SSSR count). The molecule has 11 nitrogen and oxygen atoms in total. The number of aliphatic carboxylic acids is 1. The zero-order chi connectivity index (χ0) is 20.7. The van der Waals surface area contributed by atoms with Gasteiger partial charge in [-0.1, -0.05) is 0 Å². The number of thiol groups is 1. The molecule has 1 aromatic rings. The Morgan fingerprint density at radius 3 is 2.79 bits per heavy atom. The number of nitrogens with two attached hydrogens (primary N) is 1. The second-order valence-electron chi connectivity index (χ2n) is 6.44. The van der Waals surface area contributed by atoms with Gasteiger partial charge in [-0.15, -0.1) is 0 Å². The van der Waals surface area contributed by atoms with E-state index in [1.54, 1.807) is 0 Å². The van der Waals surface area contributed by atoms with Gasteiger partial charge in [0.2, 0.25) is 17.7 Å². The molecule has 3 atom stereocenters. The number of hydrogen-bond acceptors (Lipinski definition) is 7. The topological polar surface area (TPSA) is 171 Å². The van der Waals surface area contributed by atoms with Gasteiger partial charge >= 0.3 is 5.97 Å². The monoisotopic (exact) mass is 412 g/mol. The number of hydrogen-bond donors (Lipinski definition) is 6. The van der Waals surface area contributed by atoms with Crippen molar-refractivity contribution >= 4 is 36.3 Å². The number of likely N-dealkylation sites (tertiary alicyclic amines) is 1. The number of nitrogens with zero attached hydrogens (tertiary/aromatic N) is 2. The van der Waals surface area contributed by atoms with Crippen LogP contribution in [0.5, 0.6) is 0 Å². The molecule has 1 aliphatic rings. The van der Waals surface area contributed by atoms with Gasteiger partial charge in [-0.2, -0.15) is 12.6 Å². The summed E-state index contributed by atoms with van der Waals surface area (Å²) in [5.41, 5.74) is 6.25. The first-order valence-electron chi connectivity index (χ1n) is 8.77. The summed E-state index contributed by atoms with van der Waals surface area (Å²) in [6.07, 6.45) is 4.02. The highest BCUT2D eigenvalue weighted by atomic mass is 32.1. The van der Waals surface area contributed by atoms with Gasteiger partial charge in [0.25, 0.3) is 0 Å². The predicted molar refractivity (Wildman–Crippen MR) is 101 cm³/mol. The highest BCUT2D eigenvalue weighted by Crippen LogP contribution is 2.18. The van der Waals surface area contributed by atoms with Gasteiger partial charge < -0.3 is 31.4 Å². The van der Waals surface area contributed by atoms with Crippen molar-refractivity contribution in [3.8, 4) is 0 Å². The number of rotatable bonds is 9. The maximum Gasteiger partial charge on any atom is 0.326 e. The summed E-state index contributed by atoms with van der Waals surface area (Å²) < 4.78 is 0. The van der Waals surface area contributed by atoms with E-state index >= 15 is 0 Å². The second kappa shape index (κ2) is 10.1. The molecule has 0 bridgehead atoms. The quantitative estimate of drug-likeness (QED) is 0.252. The number of nitrogens with one attached hydrogen (secondary N) is 3. The summed E-state index contributed by atoms with van der Waals surface area (Å²) in [7, 11) is 0. The van der Waals surface area contributed by atoms with Crippen LogP contribution < -0.4 is 16.4 Å². The van der Waals surface area contributed by atoms with Crippen LogP contribution in [0.3, 0.4) is 0 Å². The molecule has 6 N–H and O–H groups in total. The zero-order valence-corrected chi connectivity index (χ0v) is 16.0. The number of amides is 3. The zero-order valence-electron chi connectivity index (χ0n) is 15.1. The number of H-pyrrole nitrogens is 1. The third-order valence-electron chi connectivity index (χ3n) is 4.39. The van der Waals surface area contributed by atoms with E-state index < -0.39 is 42.5 Å². The molecular formula is C16H24N6O5S. The molecular weight excluding hydrogens is 388 g/mol. The molecule has 1 aromatic heterocycles. The minimum Gasteiger partial charge on any atom is -0.480 e. The summed E-state index contributed by atoms with van der Waals surface area (Å²) in [6, 6.07) is -2.66. The summed E-state index contributed by atoms with van der Waals surface area (Å²) in [5.74, 6) is -2.53. The van der Waals surface area contributed by atoms with Crippen LogP contribution in [0.1, 0.15) is 18.5 Å². The third-order valence-corrected chi connectivity index (χ3v) is 4.78. The first kappa shape index (κ1) is 21.7. The lowest BCUT2D eigenvalue weighted by atomic mass is 10.1. The Bertz CT molecular complexity index is 712. The summed E-state index contributed by atoms with van der Waals surface area (Å²) >= 11 is 4.00. The summed E-state index contributed by atoms with van der Waals surface area (Å²) in [6.45, 7) is 0.0125. The lowest BCUT2D eigenvalue weighted by Gasteiger charge is -2.26. The van der Waals surface area contributed by atoms with Crippen molar-refractivity contribution in [1.82, 2.24) is 25.5 Å². The molecule has 12 heteroatoms. The molecule has 0 spiro atoms. The van der Waals surface area contributed by atoms with Crippen LogP contribution in [0.15, 0.2) is 12.5 Å². The number of carbonyl (C=O) groups is 4. The Kier molecular flexibility index (Phi) is 7.81. The number of aromatic nitrogens is 2. The van der Waals surface area contributed by atoms with Crippen molar-refractivity contribution in [3.63, 3.8) is 0 Å². The van der Waals surface area contributed by atoms with E-state index in [4.69, 9.17) is 5.73 Å². The van der Waals surface area contributed by atoms with Crippen molar-refractivity contribution in [2.45, 2.75) is 37.4 Å². The Morgan fingerprint density at radius 2 is 2.18 bits per heavy atom. The summed E-state index contributed by atoms with van der Waals surface area (Å²) in [5, 5.41) is 14.0. The van der Waals surface area contributed by atoms with Gasteiger partial charge in [0.05, 0.1) is 18.9 Å². The van der Waals surface area contributed by atoms with Crippen molar-refractivity contribution in [3.05, 3.63) is 18.2 Å². The Balaban J connectivity index is 1.86. The lowest BCUT2D eigenvalue weighted by Crippen LogP contribution is -2.53. The van der Waals surface area contributed by atoms with Gasteiger partial charge in [-0.3, -0.25) is 14.4 Å². The third kappa shape index (κ3) is 5.70. The van der Waals surface area contributed by atoms with Gasteiger partial charge in [-0.05, 0) is 12.8 Å². The molecule has 1 saturated heterocycles. The normalized spacial score (nSPS) is 18.4. The van der Waals surface area contributed by atoms with Crippen LogP contribution in [0, 0.1) is 0 Å². The Hall–Kier alpha value is -2.60. The van der Waals surface area contributed by atoms with Gasteiger partial charge in [0.15, 0.2) is 0 Å². The number of imidazole rings is 1. The molecule has 3 unspecified atom stereocenters. The smallest absolute Gasteiger partial charge is 0.326 e. The predicted octanol–water partition coefficient (Wildman–Crippen LogP) is -2.11. The lowest BCUT2D eigenvalue weighted by molar-refractivity contribution is -0.142. The highest BCUT2D eigenvalue weighted by Gasteiger charge is 2.36. The van der Waals surface area contributed by atoms with Crippen LogP contribution in [-0.2, 0) is 25.6 Å². The molecule has 0 saturated carbocycles. The van der Waals surface area contributed by atoms with Gasteiger partial charge in [-0.25, -0.2) is 9.78 Å². The van der Waals surface area contributed by atoms with Crippen LogP contribution in [0.25, 0.3) is 0 Å². The van der Waals surface area contributed by atoms with E-state index in [2.05, 4.69) is 33.2 Å².